The van der Waals surface area contributed by atoms with Crippen LogP contribution in [0.15, 0.2) is 30.3 Å². The Kier molecular flexibility index (Phi) is 4.45. The number of morpholine rings is 2. The number of hydrogen-bond donors (Lipinski definition) is 0. The summed E-state index contributed by atoms with van der Waals surface area (Å²) in [6.07, 6.45) is 0.369. The summed E-state index contributed by atoms with van der Waals surface area (Å²) in [5.41, 5.74) is 1.38. The van der Waals surface area contributed by atoms with Crippen LogP contribution in [-0.2, 0) is 9.47 Å². The minimum atomic E-state index is 0.369. The average molecular weight is 262 g/mol. The van der Waals surface area contributed by atoms with Crippen molar-refractivity contribution in [2.24, 2.45) is 0 Å². The van der Waals surface area contributed by atoms with Gasteiger partial charge in [0.15, 0.2) is 0 Å². The van der Waals surface area contributed by atoms with E-state index in [1.807, 2.05) is 0 Å². The van der Waals surface area contributed by atoms with Crippen LogP contribution in [0.25, 0.3) is 0 Å². The highest BCUT2D eigenvalue weighted by atomic mass is 16.5. The first-order valence-corrected chi connectivity index (χ1v) is 7.14. The van der Waals surface area contributed by atoms with Crippen molar-refractivity contribution in [2.75, 3.05) is 52.6 Å². The second-order valence-electron chi connectivity index (χ2n) is 5.08. The standard InChI is InChI=1S/C15H22N2O2/c1-2-4-14(5-3-1)15(16-6-10-18-11-7-16)17-8-12-19-13-9-17/h1-5,15H,6-13H2. The van der Waals surface area contributed by atoms with Crippen LogP contribution >= 0.6 is 0 Å². The molecule has 19 heavy (non-hydrogen) atoms. The van der Waals surface area contributed by atoms with Gasteiger partial charge in [0.2, 0.25) is 0 Å². The SMILES string of the molecule is c1ccc(C(N2CCOCC2)N2CCOCC2)cc1. The van der Waals surface area contributed by atoms with Gasteiger partial charge < -0.3 is 9.47 Å². The van der Waals surface area contributed by atoms with Gasteiger partial charge in [-0.3, -0.25) is 9.80 Å². The quantitative estimate of drug-likeness (QED) is 0.821. The average Bonchev–Trinajstić information content (AvgIpc) is 2.51. The molecule has 0 bridgehead atoms. The maximum atomic E-state index is 5.49. The molecule has 4 heteroatoms. The Morgan fingerprint density at radius 2 is 1.21 bits per heavy atom. The molecule has 0 spiro atoms. The molecule has 2 saturated heterocycles. The minimum Gasteiger partial charge on any atom is -0.379 e. The second-order valence-corrected chi connectivity index (χ2v) is 5.08. The maximum Gasteiger partial charge on any atom is 0.0889 e. The fourth-order valence-corrected chi connectivity index (χ4v) is 2.92. The maximum absolute atomic E-state index is 5.49. The van der Waals surface area contributed by atoms with Gasteiger partial charge in [-0.15, -0.1) is 0 Å². The number of hydrogen-bond acceptors (Lipinski definition) is 4. The molecule has 1 aromatic rings. The molecule has 0 aliphatic carbocycles. The highest BCUT2D eigenvalue weighted by Gasteiger charge is 2.29. The Morgan fingerprint density at radius 3 is 1.68 bits per heavy atom. The van der Waals surface area contributed by atoms with E-state index in [-0.39, 0.29) is 0 Å². The lowest BCUT2D eigenvalue weighted by atomic mass is 10.1. The van der Waals surface area contributed by atoms with Gasteiger partial charge in [0, 0.05) is 26.2 Å². The van der Waals surface area contributed by atoms with E-state index in [1.165, 1.54) is 5.56 Å². The summed E-state index contributed by atoms with van der Waals surface area (Å²) in [4.78, 5) is 5.06. The molecule has 3 rings (SSSR count). The molecule has 0 radical (unpaired) electrons. The third kappa shape index (κ3) is 3.15. The topological polar surface area (TPSA) is 24.9 Å². The Morgan fingerprint density at radius 1 is 0.737 bits per heavy atom. The number of nitrogens with zero attached hydrogens (tertiary/aromatic N) is 2. The van der Waals surface area contributed by atoms with Gasteiger partial charge in [0.25, 0.3) is 0 Å². The van der Waals surface area contributed by atoms with Gasteiger partial charge in [-0.1, -0.05) is 30.3 Å². The minimum absolute atomic E-state index is 0.369. The van der Waals surface area contributed by atoms with Crippen molar-refractivity contribution in [1.29, 1.82) is 0 Å². The zero-order valence-electron chi connectivity index (χ0n) is 11.3. The van der Waals surface area contributed by atoms with Crippen LogP contribution in [0.3, 0.4) is 0 Å². The monoisotopic (exact) mass is 262 g/mol. The summed E-state index contributed by atoms with van der Waals surface area (Å²) < 4.78 is 11.0. The van der Waals surface area contributed by atoms with Crippen LogP contribution in [0, 0.1) is 0 Å². The molecule has 104 valence electrons. The molecule has 2 aliphatic heterocycles. The Balaban J connectivity index is 1.81. The van der Waals surface area contributed by atoms with Gasteiger partial charge in [0.1, 0.15) is 0 Å². The summed E-state index contributed by atoms with van der Waals surface area (Å²) in [6, 6.07) is 10.8. The van der Waals surface area contributed by atoms with Gasteiger partial charge in [-0.2, -0.15) is 0 Å². The van der Waals surface area contributed by atoms with E-state index < -0.39 is 0 Å². The highest BCUT2D eigenvalue weighted by Crippen LogP contribution is 2.26. The molecule has 0 atom stereocenters. The summed E-state index contributed by atoms with van der Waals surface area (Å²) in [5, 5.41) is 0. The van der Waals surface area contributed by atoms with E-state index in [1.54, 1.807) is 0 Å². The van der Waals surface area contributed by atoms with Gasteiger partial charge in [-0.05, 0) is 5.56 Å². The van der Waals surface area contributed by atoms with Crippen molar-refractivity contribution in [3.05, 3.63) is 35.9 Å². The third-order valence-electron chi connectivity index (χ3n) is 3.88. The van der Waals surface area contributed by atoms with Crippen molar-refractivity contribution in [1.82, 2.24) is 9.80 Å². The Hall–Kier alpha value is -0.940. The third-order valence-corrected chi connectivity index (χ3v) is 3.88. The fraction of sp³-hybridized carbons (Fsp3) is 0.600. The first kappa shape index (κ1) is 13.1. The van der Waals surface area contributed by atoms with E-state index in [9.17, 15) is 0 Å². The zero-order chi connectivity index (χ0) is 12.9. The summed E-state index contributed by atoms with van der Waals surface area (Å²) in [6.45, 7) is 7.41. The van der Waals surface area contributed by atoms with Crippen LogP contribution in [0.4, 0.5) is 0 Å². The predicted octanol–water partition coefficient (Wildman–Crippen LogP) is 1.35. The number of benzene rings is 1. The largest absolute Gasteiger partial charge is 0.379 e. The number of ether oxygens (including phenoxy) is 2. The van der Waals surface area contributed by atoms with Crippen molar-refractivity contribution >= 4 is 0 Å². The van der Waals surface area contributed by atoms with Crippen molar-refractivity contribution in [3.8, 4) is 0 Å². The van der Waals surface area contributed by atoms with Gasteiger partial charge in [0.05, 0.1) is 32.6 Å². The number of rotatable bonds is 3. The summed E-state index contributed by atoms with van der Waals surface area (Å²) in [5.74, 6) is 0. The van der Waals surface area contributed by atoms with E-state index in [0.29, 0.717) is 6.17 Å². The fourth-order valence-electron chi connectivity index (χ4n) is 2.92. The normalized spacial score (nSPS) is 22.8. The molecule has 0 aromatic heterocycles. The Labute approximate surface area is 114 Å². The van der Waals surface area contributed by atoms with Crippen molar-refractivity contribution < 1.29 is 9.47 Å². The Bertz CT molecular complexity index is 355. The smallest absolute Gasteiger partial charge is 0.0889 e. The van der Waals surface area contributed by atoms with Crippen LogP contribution in [0.1, 0.15) is 11.7 Å². The van der Waals surface area contributed by atoms with Crippen molar-refractivity contribution in [3.63, 3.8) is 0 Å². The molecule has 1 aromatic carbocycles. The molecule has 0 amide bonds. The first-order chi connectivity index (χ1) is 9.45. The molecule has 2 fully saturated rings. The van der Waals surface area contributed by atoms with E-state index >= 15 is 0 Å². The van der Waals surface area contributed by atoms with Gasteiger partial charge >= 0.3 is 0 Å². The van der Waals surface area contributed by atoms with E-state index in [0.717, 1.165) is 52.6 Å². The van der Waals surface area contributed by atoms with Crippen LogP contribution in [0.5, 0.6) is 0 Å². The lowest BCUT2D eigenvalue weighted by Gasteiger charge is -2.43. The molecular formula is C15H22N2O2. The molecule has 2 heterocycles. The molecule has 0 unspecified atom stereocenters. The predicted molar refractivity (Wildman–Crippen MR) is 74.0 cm³/mol. The summed E-state index contributed by atoms with van der Waals surface area (Å²) in [7, 11) is 0. The van der Waals surface area contributed by atoms with Crippen LogP contribution < -0.4 is 0 Å². The molecule has 2 aliphatic rings. The van der Waals surface area contributed by atoms with Crippen LogP contribution in [0.2, 0.25) is 0 Å². The first-order valence-electron chi connectivity index (χ1n) is 7.14. The molecule has 0 saturated carbocycles. The van der Waals surface area contributed by atoms with Crippen LogP contribution in [-0.4, -0.2) is 62.4 Å². The van der Waals surface area contributed by atoms with E-state index in [2.05, 4.69) is 40.1 Å². The zero-order valence-corrected chi connectivity index (χ0v) is 11.3. The van der Waals surface area contributed by atoms with Gasteiger partial charge in [-0.25, -0.2) is 0 Å². The molecule has 0 N–H and O–H groups in total. The lowest BCUT2D eigenvalue weighted by molar-refractivity contribution is -0.0676. The molecular weight excluding hydrogens is 240 g/mol. The second kappa shape index (κ2) is 6.48. The van der Waals surface area contributed by atoms with E-state index in [4.69, 9.17) is 9.47 Å². The highest BCUT2D eigenvalue weighted by molar-refractivity contribution is 5.19. The lowest BCUT2D eigenvalue weighted by Crippen LogP contribution is -2.50. The van der Waals surface area contributed by atoms with Crippen molar-refractivity contribution in [2.45, 2.75) is 6.17 Å². The molecule has 4 nitrogen and oxygen atoms in total. The summed E-state index contributed by atoms with van der Waals surface area (Å²) >= 11 is 0.